The summed E-state index contributed by atoms with van der Waals surface area (Å²) in [4.78, 5) is 13.1. The van der Waals surface area contributed by atoms with Gasteiger partial charge in [0.15, 0.2) is 0 Å². The van der Waals surface area contributed by atoms with Gasteiger partial charge in [-0.2, -0.15) is 0 Å². The number of carbonyl (C=O) groups excluding carboxylic acids is 1. The Labute approximate surface area is 102 Å². The fourth-order valence-electron chi connectivity index (χ4n) is 2.01. The summed E-state index contributed by atoms with van der Waals surface area (Å²) in [6, 6.07) is 8.32. The van der Waals surface area contributed by atoms with Gasteiger partial charge < -0.3 is 10.1 Å². The van der Waals surface area contributed by atoms with Crippen LogP contribution in [-0.4, -0.2) is 25.8 Å². The largest absolute Gasteiger partial charge is 0.447 e. The van der Waals surface area contributed by atoms with Gasteiger partial charge in [0.05, 0.1) is 6.54 Å². The summed E-state index contributed by atoms with van der Waals surface area (Å²) >= 11 is 0. The van der Waals surface area contributed by atoms with Crippen LogP contribution in [0.2, 0.25) is 0 Å². The van der Waals surface area contributed by atoms with Crippen molar-refractivity contribution in [1.82, 2.24) is 5.32 Å². The number of ether oxygens (including phenoxy) is 1. The fourth-order valence-corrected chi connectivity index (χ4v) is 2.01. The molecule has 2 rings (SSSR count). The zero-order chi connectivity index (χ0) is 12.3. The Morgan fingerprint density at radius 2 is 2.35 bits per heavy atom. The first-order valence-electron chi connectivity index (χ1n) is 6.00. The number of nitrogens with zero attached hydrogens (tertiary/aromatic N) is 1. The summed E-state index contributed by atoms with van der Waals surface area (Å²) in [6.07, 6.45) is -0.252. The molecule has 0 saturated carbocycles. The minimum atomic E-state index is -0.252. The van der Waals surface area contributed by atoms with Crippen LogP contribution in [0.3, 0.4) is 0 Å². The molecule has 1 atom stereocenters. The van der Waals surface area contributed by atoms with Gasteiger partial charge in [0.2, 0.25) is 0 Å². The van der Waals surface area contributed by atoms with E-state index in [-0.39, 0.29) is 6.09 Å². The van der Waals surface area contributed by atoms with E-state index in [0.29, 0.717) is 19.2 Å². The van der Waals surface area contributed by atoms with E-state index in [1.54, 1.807) is 4.90 Å². The fraction of sp³-hybridized carbons (Fsp3) is 0.462. The molecule has 1 N–H and O–H groups in total. The van der Waals surface area contributed by atoms with E-state index in [0.717, 1.165) is 12.2 Å². The van der Waals surface area contributed by atoms with Gasteiger partial charge in [-0.1, -0.05) is 19.1 Å². The zero-order valence-electron chi connectivity index (χ0n) is 10.3. The van der Waals surface area contributed by atoms with Crippen LogP contribution < -0.4 is 10.2 Å². The second kappa shape index (κ2) is 5.19. The van der Waals surface area contributed by atoms with Gasteiger partial charge in [0.25, 0.3) is 0 Å². The molecular formula is C13H18N2O2. The number of carbonyl (C=O) groups is 1. The lowest BCUT2D eigenvalue weighted by molar-refractivity contribution is 0.181. The average Bonchev–Trinajstić information content (AvgIpc) is 2.76. The molecule has 1 unspecified atom stereocenters. The molecule has 0 radical (unpaired) electrons. The molecule has 0 bridgehead atoms. The molecule has 1 saturated heterocycles. The molecule has 92 valence electrons. The molecule has 1 aromatic carbocycles. The molecular weight excluding hydrogens is 216 g/mol. The molecule has 1 fully saturated rings. The first-order valence-corrected chi connectivity index (χ1v) is 6.00. The average molecular weight is 234 g/mol. The Morgan fingerprint density at radius 3 is 3.00 bits per heavy atom. The van der Waals surface area contributed by atoms with Crippen LogP contribution in [0, 0.1) is 0 Å². The Balaban J connectivity index is 2.19. The molecule has 4 nitrogen and oxygen atoms in total. The van der Waals surface area contributed by atoms with Crippen LogP contribution in [0.4, 0.5) is 10.5 Å². The minimum absolute atomic E-state index is 0.252. The molecule has 0 spiro atoms. The number of amides is 1. The maximum atomic E-state index is 11.5. The lowest BCUT2D eigenvalue weighted by Gasteiger charge is -2.17. The van der Waals surface area contributed by atoms with Crippen molar-refractivity contribution in [3.63, 3.8) is 0 Å². The van der Waals surface area contributed by atoms with Gasteiger partial charge in [-0.25, -0.2) is 4.79 Å². The van der Waals surface area contributed by atoms with Crippen LogP contribution in [0.5, 0.6) is 0 Å². The first kappa shape index (κ1) is 11.9. The summed E-state index contributed by atoms with van der Waals surface area (Å²) in [5.41, 5.74) is 2.10. The third kappa shape index (κ3) is 2.58. The van der Waals surface area contributed by atoms with Crippen molar-refractivity contribution in [2.45, 2.75) is 19.9 Å². The highest BCUT2D eigenvalue weighted by atomic mass is 16.6. The Bertz CT molecular complexity index is 406. The molecule has 1 amide bonds. The monoisotopic (exact) mass is 234 g/mol. The highest BCUT2D eigenvalue weighted by Gasteiger charge is 2.23. The number of hydrogen-bond acceptors (Lipinski definition) is 3. The van der Waals surface area contributed by atoms with E-state index in [1.165, 1.54) is 5.56 Å². The lowest BCUT2D eigenvalue weighted by atomic mass is 10.1. The summed E-state index contributed by atoms with van der Waals surface area (Å²) < 4.78 is 4.94. The molecule has 17 heavy (non-hydrogen) atoms. The maximum Gasteiger partial charge on any atom is 0.414 e. The van der Waals surface area contributed by atoms with E-state index in [1.807, 2.05) is 18.2 Å². The van der Waals surface area contributed by atoms with Crippen LogP contribution in [-0.2, 0) is 4.74 Å². The van der Waals surface area contributed by atoms with Crippen LogP contribution in [0.15, 0.2) is 24.3 Å². The first-order chi connectivity index (χ1) is 8.22. The topological polar surface area (TPSA) is 41.6 Å². The smallest absolute Gasteiger partial charge is 0.414 e. The SMILES string of the molecule is CCNC(C)c1cccc(N2CCOC2=O)c1. The number of hydrogen-bond donors (Lipinski definition) is 1. The van der Waals surface area contributed by atoms with Crippen molar-refractivity contribution in [3.05, 3.63) is 29.8 Å². The molecule has 1 aromatic rings. The van der Waals surface area contributed by atoms with Crippen molar-refractivity contribution >= 4 is 11.8 Å². The van der Waals surface area contributed by atoms with E-state index in [9.17, 15) is 4.79 Å². The molecule has 0 aliphatic carbocycles. The highest BCUT2D eigenvalue weighted by molar-refractivity contribution is 5.89. The van der Waals surface area contributed by atoms with Crippen LogP contribution in [0.25, 0.3) is 0 Å². The van der Waals surface area contributed by atoms with Crippen molar-refractivity contribution in [1.29, 1.82) is 0 Å². The van der Waals surface area contributed by atoms with Gasteiger partial charge in [0.1, 0.15) is 6.61 Å². The van der Waals surface area contributed by atoms with Crippen molar-refractivity contribution in [2.75, 3.05) is 24.6 Å². The third-order valence-electron chi connectivity index (χ3n) is 2.95. The number of rotatable bonds is 4. The molecule has 1 heterocycles. The Hall–Kier alpha value is -1.55. The standard InChI is InChI=1S/C13H18N2O2/c1-3-14-10(2)11-5-4-6-12(9-11)15-7-8-17-13(15)16/h4-6,9-10,14H,3,7-8H2,1-2H3. The second-order valence-corrected chi connectivity index (χ2v) is 4.14. The zero-order valence-corrected chi connectivity index (χ0v) is 10.3. The number of benzene rings is 1. The number of cyclic esters (lactones) is 1. The van der Waals surface area contributed by atoms with E-state index >= 15 is 0 Å². The van der Waals surface area contributed by atoms with Crippen LogP contribution in [0.1, 0.15) is 25.5 Å². The maximum absolute atomic E-state index is 11.5. The highest BCUT2D eigenvalue weighted by Crippen LogP contribution is 2.22. The van der Waals surface area contributed by atoms with Crippen molar-refractivity contribution in [3.8, 4) is 0 Å². The van der Waals surface area contributed by atoms with Gasteiger partial charge in [-0.05, 0) is 31.2 Å². The Morgan fingerprint density at radius 1 is 1.53 bits per heavy atom. The third-order valence-corrected chi connectivity index (χ3v) is 2.95. The summed E-state index contributed by atoms with van der Waals surface area (Å²) in [6.45, 7) is 6.24. The summed E-state index contributed by atoms with van der Waals surface area (Å²) in [7, 11) is 0. The van der Waals surface area contributed by atoms with E-state index in [2.05, 4.69) is 25.2 Å². The molecule has 1 aliphatic rings. The van der Waals surface area contributed by atoms with E-state index in [4.69, 9.17) is 4.74 Å². The van der Waals surface area contributed by atoms with Gasteiger partial charge in [-0.15, -0.1) is 0 Å². The quantitative estimate of drug-likeness (QED) is 0.869. The van der Waals surface area contributed by atoms with Gasteiger partial charge >= 0.3 is 6.09 Å². The number of nitrogens with one attached hydrogen (secondary N) is 1. The van der Waals surface area contributed by atoms with E-state index < -0.39 is 0 Å². The van der Waals surface area contributed by atoms with Crippen molar-refractivity contribution < 1.29 is 9.53 Å². The Kier molecular flexibility index (Phi) is 3.64. The van der Waals surface area contributed by atoms with Gasteiger partial charge in [-0.3, -0.25) is 4.90 Å². The normalized spacial score (nSPS) is 17.1. The van der Waals surface area contributed by atoms with Crippen molar-refractivity contribution in [2.24, 2.45) is 0 Å². The molecule has 0 aromatic heterocycles. The second-order valence-electron chi connectivity index (χ2n) is 4.14. The minimum Gasteiger partial charge on any atom is -0.447 e. The van der Waals surface area contributed by atoms with Crippen LogP contribution >= 0.6 is 0 Å². The summed E-state index contributed by atoms with van der Waals surface area (Å²) in [5.74, 6) is 0. The molecule has 1 aliphatic heterocycles. The predicted octanol–water partition coefficient (Wildman–Crippen LogP) is 2.31. The molecule has 4 heteroatoms. The summed E-state index contributed by atoms with van der Waals surface area (Å²) in [5, 5.41) is 3.36. The number of anilines is 1. The van der Waals surface area contributed by atoms with Gasteiger partial charge in [0, 0.05) is 11.7 Å². The predicted molar refractivity (Wildman–Crippen MR) is 67.2 cm³/mol. The lowest BCUT2D eigenvalue weighted by Crippen LogP contribution is -2.24.